The van der Waals surface area contributed by atoms with Crippen LogP contribution in [0.15, 0.2) is 24.4 Å². The lowest BCUT2D eigenvalue weighted by molar-refractivity contribution is 0.244. The number of halogens is 1. The lowest BCUT2D eigenvalue weighted by atomic mass is 10.3. The van der Waals surface area contributed by atoms with Gasteiger partial charge in [0, 0.05) is 31.9 Å². The summed E-state index contributed by atoms with van der Waals surface area (Å²) in [5, 5.41) is 0. The van der Waals surface area contributed by atoms with E-state index in [0.29, 0.717) is 31.5 Å². The molecule has 0 spiro atoms. The minimum Gasteiger partial charge on any atom is -0.478 e. The maximum absolute atomic E-state index is 12.9. The van der Waals surface area contributed by atoms with Gasteiger partial charge in [0.15, 0.2) is 0 Å². The summed E-state index contributed by atoms with van der Waals surface area (Å²) in [5.41, 5.74) is 0. The van der Waals surface area contributed by atoms with Crippen LogP contribution < -0.4 is 4.74 Å². The van der Waals surface area contributed by atoms with E-state index in [9.17, 15) is 4.39 Å². The second kappa shape index (κ2) is 5.80. The summed E-state index contributed by atoms with van der Waals surface area (Å²) in [6, 6.07) is 3.72. The second-order valence-electron chi connectivity index (χ2n) is 3.99. The van der Waals surface area contributed by atoms with Gasteiger partial charge in [0.05, 0.1) is 7.98 Å². The van der Waals surface area contributed by atoms with Crippen LogP contribution in [0.25, 0.3) is 0 Å². The van der Waals surface area contributed by atoms with E-state index in [2.05, 4.69) is 9.88 Å². The number of likely N-dealkylation sites (tertiary alicyclic amines) is 1. The molecule has 0 amide bonds. The number of aromatic nitrogens is 1. The van der Waals surface area contributed by atoms with Crippen molar-refractivity contribution in [3.05, 3.63) is 24.4 Å². The lowest BCUT2D eigenvalue weighted by Gasteiger charge is -2.14. The summed E-state index contributed by atoms with van der Waals surface area (Å²) in [6.45, 7) is 2.87. The van der Waals surface area contributed by atoms with E-state index in [1.165, 1.54) is 6.20 Å². The summed E-state index contributed by atoms with van der Waals surface area (Å²) < 4.78 is 25.6. The summed E-state index contributed by atoms with van der Waals surface area (Å²) >= 11 is 0. The molecule has 0 radical (unpaired) electrons. The van der Waals surface area contributed by atoms with Gasteiger partial charge in [-0.1, -0.05) is 6.07 Å². The summed E-state index contributed by atoms with van der Waals surface area (Å²) in [4.78, 5) is 6.10. The molecule has 1 aromatic heterocycles. The highest BCUT2D eigenvalue weighted by atomic mass is 19.1. The van der Waals surface area contributed by atoms with E-state index in [1.807, 2.05) is 0 Å². The Bertz CT molecular complexity index is 347. The maximum Gasteiger partial charge on any atom is 0.213 e. The predicted octanol–water partition coefficient (Wildman–Crippen LogP) is 1.89. The molecule has 1 atom stereocenters. The Kier molecular flexibility index (Phi) is 3.63. The summed E-state index contributed by atoms with van der Waals surface area (Å²) in [7, 11) is 0. The number of hydrogen-bond acceptors (Lipinski definition) is 3. The van der Waals surface area contributed by atoms with Crippen molar-refractivity contribution in [3.8, 4) is 5.88 Å². The molecule has 0 aromatic carbocycles. The fourth-order valence-corrected chi connectivity index (χ4v) is 1.85. The number of alkyl halides is 1. The fraction of sp³-hybridized carbons (Fsp3) is 0.583. The Morgan fingerprint density at radius 2 is 2.62 bits per heavy atom. The van der Waals surface area contributed by atoms with Crippen molar-refractivity contribution >= 4 is 0 Å². The van der Waals surface area contributed by atoms with Crippen LogP contribution in [0.2, 0.25) is 0 Å². The zero-order valence-electron chi connectivity index (χ0n) is 10.2. The van der Waals surface area contributed by atoms with Gasteiger partial charge in [0.25, 0.3) is 0 Å². The average molecular weight is 225 g/mol. The molecule has 0 aliphatic carbocycles. The van der Waals surface area contributed by atoms with Crippen LogP contribution in [0.4, 0.5) is 4.39 Å². The third-order valence-corrected chi connectivity index (χ3v) is 2.67. The van der Waals surface area contributed by atoms with E-state index >= 15 is 0 Å². The highest BCUT2D eigenvalue weighted by Gasteiger charge is 2.20. The van der Waals surface area contributed by atoms with Crippen LogP contribution in [0, 0.1) is 0 Å². The topological polar surface area (TPSA) is 25.4 Å². The molecule has 1 fully saturated rings. The molecule has 2 heterocycles. The first-order valence-electron chi connectivity index (χ1n) is 6.16. The molecule has 1 unspecified atom stereocenters. The van der Waals surface area contributed by atoms with Gasteiger partial charge >= 0.3 is 0 Å². The molecule has 1 aliphatic heterocycles. The van der Waals surface area contributed by atoms with Gasteiger partial charge < -0.3 is 9.64 Å². The van der Waals surface area contributed by atoms with Crippen LogP contribution in [0.3, 0.4) is 0 Å². The maximum atomic E-state index is 12.9. The Morgan fingerprint density at radius 3 is 3.31 bits per heavy atom. The smallest absolute Gasteiger partial charge is 0.213 e. The van der Waals surface area contributed by atoms with Crippen molar-refractivity contribution in [1.82, 2.24) is 9.88 Å². The molecule has 1 aromatic rings. The number of pyridine rings is 1. The van der Waals surface area contributed by atoms with E-state index in [-0.39, 0.29) is 0 Å². The standard InChI is InChI=1S/C12H17FN2O/c13-11-5-8-15(10-11)7-3-9-16-12-4-1-2-6-14-12/h1-2,4,6,11H,3,5,7-10H2/i2D. The van der Waals surface area contributed by atoms with Crippen LogP contribution >= 0.6 is 0 Å². The molecule has 3 nitrogen and oxygen atoms in total. The predicted molar refractivity (Wildman–Crippen MR) is 60.3 cm³/mol. The van der Waals surface area contributed by atoms with E-state index in [4.69, 9.17) is 6.11 Å². The summed E-state index contributed by atoms with van der Waals surface area (Å²) in [6.07, 6.45) is 2.34. The van der Waals surface area contributed by atoms with Crippen molar-refractivity contribution < 1.29 is 10.5 Å². The molecule has 1 aliphatic rings. The SMILES string of the molecule is [2H]c1ccc(OCCCN2CCC(F)C2)nc1. The molecular formula is C12H17FN2O. The van der Waals surface area contributed by atoms with Crippen molar-refractivity contribution in [2.45, 2.75) is 19.0 Å². The lowest BCUT2D eigenvalue weighted by Crippen LogP contribution is -2.23. The number of ether oxygens (including phenoxy) is 1. The third-order valence-electron chi connectivity index (χ3n) is 2.67. The Hall–Kier alpha value is -1.16. The first-order valence-corrected chi connectivity index (χ1v) is 5.66. The highest BCUT2D eigenvalue weighted by molar-refractivity contribution is 5.08. The van der Waals surface area contributed by atoms with Gasteiger partial charge in [-0.05, 0) is 18.9 Å². The van der Waals surface area contributed by atoms with Gasteiger partial charge in [-0.2, -0.15) is 0 Å². The number of hydrogen-bond donors (Lipinski definition) is 0. The normalized spacial score (nSPS) is 22.1. The first-order chi connectivity index (χ1) is 8.24. The third kappa shape index (κ3) is 3.45. The Labute approximate surface area is 96.6 Å². The van der Waals surface area contributed by atoms with Crippen molar-refractivity contribution in [2.24, 2.45) is 0 Å². The molecular weight excluding hydrogens is 207 g/mol. The first kappa shape index (κ1) is 10.0. The molecule has 2 rings (SSSR count). The molecule has 0 N–H and O–H groups in total. The minimum atomic E-state index is -0.651. The Morgan fingerprint density at radius 1 is 1.69 bits per heavy atom. The van der Waals surface area contributed by atoms with Gasteiger partial charge in [-0.3, -0.25) is 0 Å². The quantitative estimate of drug-likeness (QED) is 0.716. The van der Waals surface area contributed by atoms with E-state index in [1.54, 1.807) is 12.1 Å². The van der Waals surface area contributed by atoms with Crippen LogP contribution in [0.5, 0.6) is 5.88 Å². The molecule has 4 heteroatoms. The number of nitrogens with zero attached hydrogens (tertiary/aromatic N) is 2. The molecule has 0 bridgehead atoms. The number of rotatable bonds is 5. The van der Waals surface area contributed by atoms with Crippen molar-refractivity contribution in [3.63, 3.8) is 0 Å². The zero-order valence-corrected chi connectivity index (χ0v) is 9.23. The minimum absolute atomic E-state index is 0.378. The molecule has 88 valence electrons. The largest absolute Gasteiger partial charge is 0.478 e. The van der Waals surface area contributed by atoms with Gasteiger partial charge in [0.2, 0.25) is 5.88 Å². The molecule has 16 heavy (non-hydrogen) atoms. The van der Waals surface area contributed by atoms with E-state index in [0.717, 1.165) is 19.5 Å². The van der Waals surface area contributed by atoms with Crippen LogP contribution in [-0.2, 0) is 0 Å². The van der Waals surface area contributed by atoms with Gasteiger partial charge in [-0.15, -0.1) is 0 Å². The van der Waals surface area contributed by atoms with Crippen LogP contribution in [-0.4, -0.2) is 42.3 Å². The molecule has 1 saturated heterocycles. The van der Waals surface area contributed by atoms with Gasteiger partial charge in [0.1, 0.15) is 6.17 Å². The average Bonchev–Trinajstić information content (AvgIpc) is 2.73. The monoisotopic (exact) mass is 225 g/mol. The van der Waals surface area contributed by atoms with Gasteiger partial charge in [-0.25, -0.2) is 9.37 Å². The zero-order chi connectivity index (χ0) is 12.1. The highest BCUT2D eigenvalue weighted by Crippen LogP contribution is 2.12. The van der Waals surface area contributed by atoms with Crippen molar-refractivity contribution in [1.29, 1.82) is 0 Å². The molecule has 0 saturated carbocycles. The summed E-state index contributed by atoms with van der Waals surface area (Å²) in [5.74, 6) is 0.547. The van der Waals surface area contributed by atoms with Crippen molar-refractivity contribution in [2.75, 3.05) is 26.2 Å². The second-order valence-corrected chi connectivity index (χ2v) is 3.99. The van der Waals surface area contributed by atoms with E-state index < -0.39 is 6.17 Å². The Balaban J connectivity index is 1.61. The fourth-order valence-electron chi connectivity index (χ4n) is 1.85. The van der Waals surface area contributed by atoms with Crippen LogP contribution in [0.1, 0.15) is 14.2 Å².